The first-order valence-electron chi connectivity index (χ1n) is 9.30. The summed E-state index contributed by atoms with van der Waals surface area (Å²) in [6.45, 7) is 3.60. The van der Waals surface area contributed by atoms with Gasteiger partial charge in [0.2, 0.25) is 0 Å². The van der Waals surface area contributed by atoms with Gasteiger partial charge in [-0.15, -0.1) is 0 Å². The van der Waals surface area contributed by atoms with Crippen LogP contribution in [-0.4, -0.2) is 36.1 Å². The lowest BCUT2D eigenvalue weighted by Crippen LogP contribution is -2.21. The Balaban J connectivity index is 1.55. The molecule has 1 N–H and O–H groups in total. The number of hydrogen-bond donors (Lipinski definition) is 1. The molecule has 0 radical (unpaired) electrons. The first-order valence-corrected chi connectivity index (χ1v) is 9.30. The summed E-state index contributed by atoms with van der Waals surface area (Å²) in [6.07, 6.45) is 0. The Morgan fingerprint density at radius 3 is 1.90 bits per heavy atom. The van der Waals surface area contributed by atoms with Gasteiger partial charge in [-0.05, 0) is 74.5 Å². The van der Waals surface area contributed by atoms with Crippen molar-refractivity contribution in [2.24, 2.45) is 0 Å². The maximum Gasteiger partial charge on any atom is 0.338 e. The number of aromatic nitrogens is 1. The molecule has 3 rings (SSSR count). The van der Waals surface area contributed by atoms with E-state index >= 15 is 0 Å². The molecule has 30 heavy (non-hydrogen) atoms. The average Bonchev–Trinajstić information content (AvgIpc) is 3.10. The molecular weight excluding hydrogens is 384 g/mol. The molecule has 1 amide bonds. The van der Waals surface area contributed by atoms with E-state index in [4.69, 9.17) is 4.74 Å². The summed E-state index contributed by atoms with van der Waals surface area (Å²) < 4.78 is 11.8. The van der Waals surface area contributed by atoms with Crippen LogP contribution in [-0.2, 0) is 14.3 Å². The zero-order chi connectivity index (χ0) is 21.7. The molecule has 0 saturated carbocycles. The van der Waals surface area contributed by atoms with Gasteiger partial charge >= 0.3 is 11.9 Å². The number of nitrogens with zero attached hydrogens (tertiary/aromatic N) is 1. The molecule has 0 atom stereocenters. The molecule has 2 aromatic carbocycles. The number of ether oxygens (including phenoxy) is 2. The fourth-order valence-corrected chi connectivity index (χ4v) is 3.04. The van der Waals surface area contributed by atoms with E-state index in [2.05, 4.69) is 14.6 Å². The van der Waals surface area contributed by atoms with E-state index in [0.717, 1.165) is 17.1 Å². The number of rotatable bonds is 6. The third kappa shape index (κ3) is 4.75. The predicted octanol–water partition coefficient (Wildman–Crippen LogP) is 3.68. The second kappa shape index (κ2) is 9.09. The first-order chi connectivity index (χ1) is 14.4. The van der Waals surface area contributed by atoms with Crippen LogP contribution in [0.2, 0.25) is 0 Å². The summed E-state index contributed by atoms with van der Waals surface area (Å²) in [5.41, 5.74) is 4.34. The first kappa shape index (κ1) is 20.9. The standard InChI is InChI=1S/C23H22N2O5/c1-15-4-5-16(2)25(15)20-12-8-18(9-13-20)23(28)30-14-21(26)24-19-10-6-17(7-11-19)22(27)29-3/h4-13H,14H2,1-3H3,(H,24,26). The summed E-state index contributed by atoms with van der Waals surface area (Å²) in [5, 5.41) is 2.60. The Morgan fingerprint density at radius 2 is 1.33 bits per heavy atom. The maximum atomic E-state index is 12.2. The number of hydrogen-bond acceptors (Lipinski definition) is 5. The minimum absolute atomic E-state index is 0.358. The van der Waals surface area contributed by atoms with Gasteiger partial charge in [0.25, 0.3) is 5.91 Å². The number of methoxy groups -OCH3 is 1. The van der Waals surface area contributed by atoms with E-state index in [-0.39, 0.29) is 0 Å². The Labute approximate surface area is 174 Å². The molecule has 0 bridgehead atoms. The Hall–Kier alpha value is -3.87. The van der Waals surface area contributed by atoms with Crippen LogP contribution in [0, 0.1) is 13.8 Å². The lowest BCUT2D eigenvalue weighted by Gasteiger charge is -2.10. The van der Waals surface area contributed by atoms with Crippen molar-refractivity contribution in [1.29, 1.82) is 0 Å². The SMILES string of the molecule is COC(=O)c1ccc(NC(=O)COC(=O)c2ccc(-n3c(C)ccc3C)cc2)cc1. The molecular formula is C23H22N2O5. The van der Waals surface area contributed by atoms with Crippen molar-refractivity contribution in [2.75, 3.05) is 19.0 Å². The molecule has 0 aliphatic heterocycles. The van der Waals surface area contributed by atoms with Crippen molar-refractivity contribution in [2.45, 2.75) is 13.8 Å². The quantitative estimate of drug-likeness (QED) is 0.631. The second-order valence-electron chi connectivity index (χ2n) is 6.69. The molecule has 0 aliphatic carbocycles. The number of carbonyl (C=O) groups is 3. The number of esters is 2. The van der Waals surface area contributed by atoms with Gasteiger partial charge in [0.15, 0.2) is 6.61 Å². The van der Waals surface area contributed by atoms with Crippen LogP contribution in [0.15, 0.2) is 60.7 Å². The van der Waals surface area contributed by atoms with Crippen LogP contribution in [0.5, 0.6) is 0 Å². The van der Waals surface area contributed by atoms with Crippen LogP contribution >= 0.6 is 0 Å². The minimum atomic E-state index is -0.585. The molecule has 0 spiro atoms. The molecule has 1 heterocycles. The molecule has 154 valence electrons. The fourth-order valence-electron chi connectivity index (χ4n) is 3.04. The molecule has 0 unspecified atom stereocenters. The minimum Gasteiger partial charge on any atom is -0.465 e. The third-order valence-corrected chi connectivity index (χ3v) is 4.56. The normalized spacial score (nSPS) is 10.4. The van der Waals surface area contributed by atoms with Crippen LogP contribution < -0.4 is 5.32 Å². The Morgan fingerprint density at radius 1 is 0.800 bits per heavy atom. The van der Waals surface area contributed by atoms with Crippen LogP contribution in [0.25, 0.3) is 5.69 Å². The largest absolute Gasteiger partial charge is 0.465 e. The number of benzene rings is 2. The smallest absolute Gasteiger partial charge is 0.338 e. The van der Waals surface area contributed by atoms with Gasteiger partial charge in [0, 0.05) is 22.8 Å². The van der Waals surface area contributed by atoms with Gasteiger partial charge < -0.3 is 19.4 Å². The number of amides is 1. The van der Waals surface area contributed by atoms with E-state index in [1.54, 1.807) is 24.3 Å². The van der Waals surface area contributed by atoms with E-state index in [1.165, 1.54) is 19.2 Å². The Kier molecular flexibility index (Phi) is 6.32. The van der Waals surface area contributed by atoms with Crippen molar-refractivity contribution in [3.63, 3.8) is 0 Å². The molecule has 0 fully saturated rings. The van der Waals surface area contributed by atoms with Gasteiger partial charge in [-0.3, -0.25) is 4.79 Å². The van der Waals surface area contributed by atoms with Crippen LogP contribution in [0.3, 0.4) is 0 Å². The van der Waals surface area contributed by atoms with Crippen LogP contribution in [0.1, 0.15) is 32.1 Å². The van der Waals surface area contributed by atoms with E-state index in [1.807, 2.05) is 38.1 Å². The number of carbonyl (C=O) groups excluding carboxylic acids is 3. The van der Waals surface area contributed by atoms with Crippen molar-refractivity contribution < 1.29 is 23.9 Å². The summed E-state index contributed by atoms with van der Waals surface area (Å²) >= 11 is 0. The molecule has 0 saturated heterocycles. The summed E-state index contributed by atoms with van der Waals surface area (Å²) in [5.74, 6) is -1.53. The van der Waals surface area contributed by atoms with E-state index < -0.39 is 24.5 Å². The average molecular weight is 406 g/mol. The van der Waals surface area contributed by atoms with Crippen molar-refractivity contribution in [3.8, 4) is 5.69 Å². The number of aryl methyl sites for hydroxylation is 2. The lowest BCUT2D eigenvalue weighted by atomic mass is 10.2. The highest BCUT2D eigenvalue weighted by Crippen LogP contribution is 2.17. The summed E-state index contributed by atoms with van der Waals surface area (Å²) in [7, 11) is 1.29. The van der Waals surface area contributed by atoms with Crippen molar-refractivity contribution in [3.05, 3.63) is 83.2 Å². The van der Waals surface area contributed by atoms with Gasteiger partial charge in [-0.25, -0.2) is 9.59 Å². The van der Waals surface area contributed by atoms with E-state index in [9.17, 15) is 14.4 Å². The predicted molar refractivity (Wildman–Crippen MR) is 112 cm³/mol. The van der Waals surface area contributed by atoms with Gasteiger partial charge in [-0.2, -0.15) is 0 Å². The molecule has 0 aliphatic rings. The summed E-state index contributed by atoms with van der Waals surface area (Å²) in [4.78, 5) is 35.7. The highest BCUT2D eigenvalue weighted by molar-refractivity contribution is 5.96. The molecule has 7 nitrogen and oxygen atoms in total. The summed E-state index contributed by atoms with van der Waals surface area (Å²) in [6, 6.07) is 17.2. The second-order valence-corrected chi connectivity index (χ2v) is 6.69. The molecule has 7 heteroatoms. The highest BCUT2D eigenvalue weighted by atomic mass is 16.5. The van der Waals surface area contributed by atoms with Crippen molar-refractivity contribution in [1.82, 2.24) is 4.57 Å². The number of nitrogens with one attached hydrogen (secondary N) is 1. The maximum absolute atomic E-state index is 12.2. The fraction of sp³-hybridized carbons (Fsp3) is 0.174. The highest BCUT2D eigenvalue weighted by Gasteiger charge is 2.12. The van der Waals surface area contributed by atoms with E-state index in [0.29, 0.717) is 16.8 Å². The van der Waals surface area contributed by atoms with Gasteiger partial charge in [0.05, 0.1) is 18.2 Å². The van der Waals surface area contributed by atoms with Gasteiger partial charge in [0.1, 0.15) is 0 Å². The zero-order valence-electron chi connectivity index (χ0n) is 17.0. The molecule has 3 aromatic rings. The van der Waals surface area contributed by atoms with Crippen LogP contribution in [0.4, 0.5) is 5.69 Å². The van der Waals surface area contributed by atoms with Gasteiger partial charge in [-0.1, -0.05) is 0 Å². The Bertz CT molecular complexity index is 1050. The van der Waals surface area contributed by atoms with Crippen molar-refractivity contribution >= 4 is 23.5 Å². The number of anilines is 1. The molecule has 1 aromatic heterocycles. The lowest BCUT2D eigenvalue weighted by molar-refractivity contribution is -0.119. The monoisotopic (exact) mass is 406 g/mol. The zero-order valence-corrected chi connectivity index (χ0v) is 17.0. The third-order valence-electron chi connectivity index (χ3n) is 4.56. The topological polar surface area (TPSA) is 86.6 Å².